The lowest BCUT2D eigenvalue weighted by atomic mass is 9.73. The maximum atomic E-state index is 6.32. The van der Waals surface area contributed by atoms with E-state index < -0.39 is 0 Å². The van der Waals surface area contributed by atoms with E-state index >= 15 is 0 Å². The van der Waals surface area contributed by atoms with Crippen LogP contribution in [0.3, 0.4) is 0 Å². The van der Waals surface area contributed by atoms with E-state index in [0.717, 1.165) is 5.92 Å². The van der Waals surface area contributed by atoms with E-state index in [-0.39, 0.29) is 0 Å². The minimum atomic E-state index is 0.354. The molecule has 14 heavy (non-hydrogen) atoms. The molecule has 2 N–H and O–H groups in total. The number of hydrogen-bond acceptors (Lipinski definition) is 2. The third-order valence-electron chi connectivity index (χ3n) is 3.26. The first-order valence-corrected chi connectivity index (χ1v) is 6.85. The van der Waals surface area contributed by atoms with Crippen LogP contribution in [0.1, 0.15) is 47.0 Å². The van der Waals surface area contributed by atoms with Crippen LogP contribution in [0.15, 0.2) is 0 Å². The summed E-state index contributed by atoms with van der Waals surface area (Å²) in [5.41, 5.74) is 6.68. The molecular formula is C12H25NS. The van der Waals surface area contributed by atoms with Gasteiger partial charge in [0.1, 0.15) is 0 Å². The van der Waals surface area contributed by atoms with Gasteiger partial charge in [-0.15, -0.1) is 0 Å². The zero-order valence-electron chi connectivity index (χ0n) is 10.0. The van der Waals surface area contributed by atoms with Crippen LogP contribution < -0.4 is 5.73 Å². The fourth-order valence-electron chi connectivity index (χ4n) is 2.11. The molecular weight excluding hydrogens is 190 g/mol. The van der Waals surface area contributed by atoms with Gasteiger partial charge < -0.3 is 5.73 Å². The number of nitrogens with two attached hydrogens (primary N) is 1. The topological polar surface area (TPSA) is 26.0 Å². The molecule has 0 saturated heterocycles. The Balaban J connectivity index is 2.44. The quantitative estimate of drug-likeness (QED) is 0.782. The molecule has 0 aromatic heterocycles. The maximum absolute atomic E-state index is 6.32. The van der Waals surface area contributed by atoms with Crippen molar-refractivity contribution in [1.82, 2.24) is 0 Å². The third-order valence-corrected chi connectivity index (χ3v) is 5.07. The van der Waals surface area contributed by atoms with E-state index in [1.54, 1.807) is 0 Å². The van der Waals surface area contributed by atoms with Gasteiger partial charge >= 0.3 is 0 Å². The molecule has 0 aromatic rings. The Morgan fingerprint density at radius 3 is 2.64 bits per heavy atom. The fourth-order valence-corrected chi connectivity index (χ4v) is 3.65. The van der Waals surface area contributed by atoms with E-state index in [4.69, 9.17) is 5.73 Å². The smallest absolute Gasteiger partial charge is 0.0211 e. The van der Waals surface area contributed by atoms with Crippen LogP contribution in [0, 0.1) is 11.3 Å². The molecule has 2 atom stereocenters. The Morgan fingerprint density at radius 2 is 2.07 bits per heavy atom. The molecule has 0 bridgehead atoms. The van der Waals surface area contributed by atoms with Crippen LogP contribution in [0.25, 0.3) is 0 Å². The largest absolute Gasteiger partial charge is 0.326 e. The molecule has 0 spiro atoms. The summed E-state index contributed by atoms with van der Waals surface area (Å²) in [7, 11) is 0. The average Bonchev–Trinajstić information content (AvgIpc) is 2.07. The molecule has 2 heteroatoms. The van der Waals surface area contributed by atoms with Gasteiger partial charge in [-0.25, -0.2) is 0 Å². The van der Waals surface area contributed by atoms with E-state index in [1.807, 2.05) is 0 Å². The van der Waals surface area contributed by atoms with Crippen molar-refractivity contribution in [3.05, 3.63) is 0 Å². The second kappa shape index (κ2) is 4.89. The van der Waals surface area contributed by atoms with Crippen molar-refractivity contribution < 1.29 is 0 Å². The summed E-state index contributed by atoms with van der Waals surface area (Å²) in [5, 5.41) is 0.696. The van der Waals surface area contributed by atoms with Crippen LogP contribution in [0.5, 0.6) is 0 Å². The summed E-state index contributed by atoms with van der Waals surface area (Å²) < 4.78 is 0. The molecule has 1 nitrogen and oxygen atoms in total. The van der Waals surface area contributed by atoms with E-state index in [9.17, 15) is 0 Å². The Morgan fingerprint density at radius 1 is 1.43 bits per heavy atom. The fraction of sp³-hybridized carbons (Fsp3) is 1.00. The highest BCUT2D eigenvalue weighted by molar-refractivity contribution is 7.99. The van der Waals surface area contributed by atoms with Gasteiger partial charge in [-0.2, -0.15) is 11.8 Å². The van der Waals surface area contributed by atoms with Crippen molar-refractivity contribution in [3.63, 3.8) is 0 Å². The summed E-state index contributed by atoms with van der Waals surface area (Å²) in [5.74, 6) is 2.05. The van der Waals surface area contributed by atoms with Crippen LogP contribution in [0.2, 0.25) is 0 Å². The third kappa shape index (κ3) is 3.16. The highest BCUT2D eigenvalue weighted by Gasteiger charge is 2.36. The summed E-state index contributed by atoms with van der Waals surface area (Å²) in [6, 6.07) is 0.389. The van der Waals surface area contributed by atoms with Gasteiger partial charge in [0, 0.05) is 11.3 Å². The Bertz CT molecular complexity index is 177. The van der Waals surface area contributed by atoms with Crippen molar-refractivity contribution in [2.75, 3.05) is 5.75 Å². The first-order chi connectivity index (χ1) is 6.43. The predicted octanol–water partition coefficient (Wildman–Crippen LogP) is 3.28. The monoisotopic (exact) mass is 215 g/mol. The van der Waals surface area contributed by atoms with E-state index in [2.05, 4.69) is 39.5 Å². The highest BCUT2D eigenvalue weighted by Crippen LogP contribution is 2.39. The average molecular weight is 215 g/mol. The molecule has 1 fully saturated rings. The zero-order chi connectivity index (χ0) is 10.8. The lowest BCUT2D eigenvalue weighted by Crippen LogP contribution is -2.48. The standard InChI is InChI=1S/C12H25NS/c1-9(2)8-14-10-6-5-7-12(3,4)11(10)13/h9-11H,5-8,13H2,1-4H3. The molecule has 2 unspecified atom stereocenters. The molecule has 1 saturated carbocycles. The van der Waals surface area contributed by atoms with Crippen LogP contribution in [-0.2, 0) is 0 Å². The second-order valence-electron chi connectivity index (χ2n) is 5.67. The molecule has 0 heterocycles. The zero-order valence-corrected chi connectivity index (χ0v) is 10.9. The van der Waals surface area contributed by atoms with Gasteiger partial charge in [-0.05, 0) is 29.9 Å². The van der Waals surface area contributed by atoms with Crippen molar-refractivity contribution in [1.29, 1.82) is 0 Å². The summed E-state index contributed by atoms with van der Waals surface area (Å²) in [6.07, 6.45) is 3.98. The van der Waals surface area contributed by atoms with Crippen LogP contribution >= 0.6 is 11.8 Å². The minimum Gasteiger partial charge on any atom is -0.326 e. The molecule has 1 aliphatic carbocycles. The molecule has 0 aromatic carbocycles. The highest BCUT2D eigenvalue weighted by atomic mass is 32.2. The van der Waals surface area contributed by atoms with Gasteiger partial charge in [-0.1, -0.05) is 34.1 Å². The summed E-state index contributed by atoms with van der Waals surface area (Å²) in [6.45, 7) is 9.21. The van der Waals surface area contributed by atoms with Crippen molar-refractivity contribution in [2.45, 2.75) is 58.2 Å². The van der Waals surface area contributed by atoms with Crippen LogP contribution in [-0.4, -0.2) is 17.0 Å². The first kappa shape index (κ1) is 12.4. The lowest BCUT2D eigenvalue weighted by Gasteiger charge is -2.41. The molecule has 1 rings (SSSR count). The molecule has 0 amide bonds. The van der Waals surface area contributed by atoms with Gasteiger partial charge in [0.25, 0.3) is 0 Å². The van der Waals surface area contributed by atoms with Gasteiger partial charge in [0.2, 0.25) is 0 Å². The normalized spacial score (nSPS) is 32.1. The second-order valence-corrected chi connectivity index (χ2v) is 6.94. The Hall–Kier alpha value is 0.310. The predicted molar refractivity (Wildman–Crippen MR) is 66.7 cm³/mol. The SMILES string of the molecule is CC(C)CSC1CCCC(C)(C)C1N. The maximum Gasteiger partial charge on any atom is 0.0211 e. The first-order valence-electron chi connectivity index (χ1n) is 5.80. The van der Waals surface area contributed by atoms with E-state index in [0.29, 0.717) is 16.7 Å². The van der Waals surface area contributed by atoms with Crippen molar-refractivity contribution in [3.8, 4) is 0 Å². The van der Waals surface area contributed by atoms with Crippen molar-refractivity contribution in [2.24, 2.45) is 17.1 Å². The molecule has 0 aliphatic heterocycles. The molecule has 0 radical (unpaired) electrons. The minimum absolute atomic E-state index is 0.354. The number of hydrogen-bond donors (Lipinski definition) is 1. The molecule has 84 valence electrons. The van der Waals surface area contributed by atoms with Gasteiger partial charge in [-0.3, -0.25) is 0 Å². The summed E-state index contributed by atoms with van der Waals surface area (Å²) in [4.78, 5) is 0. The van der Waals surface area contributed by atoms with Gasteiger partial charge in [0.05, 0.1) is 0 Å². The number of rotatable bonds is 3. The molecule has 1 aliphatic rings. The van der Waals surface area contributed by atoms with Crippen LogP contribution in [0.4, 0.5) is 0 Å². The number of thioether (sulfide) groups is 1. The Labute approximate surface area is 93.2 Å². The van der Waals surface area contributed by atoms with Crippen molar-refractivity contribution >= 4 is 11.8 Å². The Kier molecular flexibility index (Phi) is 4.32. The lowest BCUT2D eigenvalue weighted by molar-refractivity contribution is 0.208. The summed E-state index contributed by atoms with van der Waals surface area (Å²) >= 11 is 2.09. The van der Waals surface area contributed by atoms with Gasteiger partial charge in [0.15, 0.2) is 0 Å². The van der Waals surface area contributed by atoms with E-state index in [1.165, 1.54) is 25.0 Å².